The third-order valence-electron chi connectivity index (χ3n) is 5.60. The maximum atomic E-state index is 6.05. The fraction of sp³-hybridized carbons (Fsp3) is 0.571. The zero-order valence-electron chi connectivity index (χ0n) is 15.7. The van der Waals surface area contributed by atoms with Gasteiger partial charge < -0.3 is 15.0 Å². The summed E-state index contributed by atoms with van der Waals surface area (Å²) >= 11 is 0. The first-order valence-corrected chi connectivity index (χ1v) is 9.97. The molecule has 2 fully saturated rings. The summed E-state index contributed by atoms with van der Waals surface area (Å²) in [5.41, 5.74) is 3.87. The van der Waals surface area contributed by atoms with E-state index in [1.165, 1.54) is 49.2 Å². The molecule has 5 nitrogen and oxygen atoms in total. The van der Waals surface area contributed by atoms with Crippen molar-refractivity contribution in [3.8, 4) is 0 Å². The van der Waals surface area contributed by atoms with Crippen molar-refractivity contribution < 1.29 is 4.74 Å². The van der Waals surface area contributed by atoms with E-state index in [0.29, 0.717) is 6.04 Å². The second-order valence-electron chi connectivity index (χ2n) is 7.58. The molecule has 2 saturated heterocycles. The highest BCUT2D eigenvalue weighted by Gasteiger charge is 2.28. The maximum Gasteiger partial charge on any atom is 0.101 e. The number of aryl methyl sites for hydroxylation is 1. The quantitative estimate of drug-likeness (QED) is 0.893. The van der Waals surface area contributed by atoms with Gasteiger partial charge in [-0.25, -0.2) is 0 Å². The van der Waals surface area contributed by atoms with Crippen molar-refractivity contribution in [2.24, 2.45) is 7.05 Å². The first-order chi connectivity index (χ1) is 12.8. The van der Waals surface area contributed by atoms with Crippen molar-refractivity contribution in [1.82, 2.24) is 15.1 Å². The van der Waals surface area contributed by atoms with Gasteiger partial charge in [0, 0.05) is 56.8 Å². The van der Waals surface area contributed by atoms with Crippen LogP contribution in [-0.2, 0) is 18.3 Å². The van der Waals surface area contributed by atoms with E-state index >= 15 is 0 Å². The monoisotopic (exact) mass is 354 g/mol. The first kappa shape index (κ1) is 17.6. The fourth-order valence-electron chi connectivity index (χ4n) is 4.13. The highest BCUT2D eigenvalue weighted by Crippen LogP contribution is 2.28. The summed E-state index contributed by atoms with van der Waals surface area (Å²) in [5, 5.41) is 8.02. The van der Waals surface area contributed by atoms with Gasteiger partial charge in [-0.05, 0) is 49.8 Å². The van der Waals surface area contributed by atoms with E-state index in [0.717, 1.165) is 26.0 Å². The van der Waals surface area contributed by atoms with Gasteiger partial charge in [-0.2, -0.15) is 5.10 Å². The van der Waals surface area contributed by atoms with Gasteiger partial charge >= 0.3 is 0 Å². The summed E-state index contributed by atoms with van der Waals surface area (Å²) in [4.78, 5) is 2.51. The van der Waals surface area contributed by atoms with Crippen LogP contribution in [-0.4, -0.2) is 35.5 Å². The van der Waals surface area contributed by atoms with E-state index < -0.39 is 0 Å². The third kappa shape index (κ3) is 4.10. The van der Waals surface area contributed by atoms with Gasteiger partial charge in [0.2, 0.25) is 0 Å². The number of anilines is 1. The average molecular weight is 354 g/mol. The molecule has 0 bridgehead atoms. The van der Waals surface area contributed by atoms with E-state index in [2.05, 4.69) is 45.8 Å². The molecule has 4 rings (SSSR count). The highest BCUT2D eigenvalue weighted by molar-refractivity contribution is 5.47. The molecule has 1 aromatic carbocycles. The van der Waals surface area contributed by atoms with E-state index in [-0.39, 0.29) is 6.10 Å². The molecular weight excluding hydrogens is 324 g/mol. The molecule has 2 atom stereocenters. The summed E-state index contributed by atoms with van der Waals surface area (Å²) in [6.07, 6.45) is 10.4. The lowest BCUT2D eigenvalue weighted by Crippen LogP contribution is -2.39. The molecule has 2 aromatic rings. The molecule has 0 aliphatic carbocycles. The van der Waals surface area contributed by atoms with Crippen molar-refractivity contribution in [3.05, 3.63) is 47.8 Å². The molecule has 1 N–H and O–H groups in total. The molecule has 0 saturated carbocycles. The smallest absolute Gasteiger partial charge is 0.101 e. The number of nitrogens with zero attached hydrogens (tertiary/aromatic N) is 3. The van der Waals surface area contributed by atoms with Gasteiger partial charge in [-0.1, -0.05) is 12.1 Å². The predicted octanol–water partition coefficient (Wildman–Crippen LogP) is 3.42. The lowest BCUT2D eigenvalue weighted by atomic mass is 9.98. The van der Waals surface area contributed by atoms with Gasteiger partial charge in [-0.3, -0.25) is 4.68 Å². The van der Waals surface area contributed by atoms with Gasteiger partial charge in [0.05, 0.1) is 6.20 Å². The number of aromatic nitrogens is 2. The Labute approximate surface area is 156 Å². The van der Waals surface area contributed by atoms with Crippen molar-refractivity contribution in [2.45, 2.75) is 50.8 Å². The molecule has 2 aliphatic heterocycles. The SMILES string of the molecule is Cn1cc([C@H]2OCCC[C@@H]2NCc2ccc(N3CCCCC3)cc2)cn1. The lowest BCUT2D eigenvalue weighted by Gasteiger charge is -2.32. The molecule has 3 heterocycles. The minimum absolute atomic E-state index is 0.102. The Morgan fingerprint density at radius 3 is 2.65 bits per heavy atom. The van der Waals surface area contributed by atoms with Gasteiger partial charge in [0.15, 0.2) is 0 Å². The molecule has 140 valence electrons. The third-order valence-corrected chi connectivity index (χ3v) is 5.60. The Bertz CT molecular complexity index is 690. The van der Waals surface area contributed by atoms with E-state index in [4.69, 9.17) is 4.74 Å². The van der Waals surface area contributed by atoms with Crippen LogP contribution in [0, 0.1) is 0 Å². The fourth-order valence-corrected chi connectivity index (χ4v) is 4.13. The molecule has 0 spiro atoms. The van der Waals surface area contributed by atoms with Crippen molar-refractivity contribution in [1.29, 1.82) is 0 Å². The lowest BCUT2D eigenvalue weighted by molar-refractivity contribution is -0.0112. The van der Waals surface area contributed by atoms with Crippen LogP contribution in [0.5, 0.6) is 0 Å². The van der Waals surface area contributed by atoms with Crippen LogP contribution >= 0.6 is 0 Å². The molecule has 26 heavy (non-hydrogen) atoms. The summed E-state index contributed by atoms with van der Waals surface area (Å²) in [7, 11) is 1.96. The Kier molecular flexibility index (Phi) is 5.56. The number of rotatable bonds is 5. The predicted molar refractivity (Wildman–Crippen MR) is 104 cm³/mol. The minimum atomic E-state index is 0.102. The van der Waals surface area contributed by atoms with E-state index in [9.17, 15) is 0 Å². The molecule has 2 aliphatic rings. The van der Waals surface area contributed by atoms with Crippen LogP contribution in [0.15, 0.2) is 36.7 Å². The van der Waals surface area contributed by atoms with Gasteiger partial charge in [0.1, 0.15) is 6.10 Å². The van der Waals surface area contributed by atoms with Crippen LogP contribution in [0.2, 0.25) is 0 Å². The average Bonchev–Trinajstić information content (AvgIpc) is 3.14. The standard InChI is InChI=1S/C21H30N4O/c1-24-16-18(15-23-24)21-20(6-5-13-26-21)22-14-17-7-9-19(10-8-17)25-11-3-2-4-12-25/h7-10,15-16,20-22H,2-6,11-14H2,1H3/t20-,21+/m0/s1. The highest BCUT2D eigenvalue weighted by atomic mass is 16.5. The summed E-state index contributed by atoms with van der Waals surface area (Å²) in [6.45, 7) is 4.11. The molecule has 0 unspecified atom stereocenters. The van der Waals surface area contributed by atoms with Crippen molar-refractivity contribution in [3.63, 3.8) is 0 Å². The molecule has 5 heteroatoms. The normalized spacial score (nSPS) is 24.0. The zero-order valence-corrected chi connectivity index (χ0v) is 15.7. The first-order valence-electron chi connectivity index (χ1n) is 9.97. The Morgan fingerprint density at radius 2 is 1.92 bits per heavy atom. The number of ether oxygens (including phenoxy) is 1. The molecular formula is C21H30N4O. The number of piperidine rings is 1. The number of nitrogens with one attached hydrogen (secondary N) is 1. The van der Waals surface area contributed by atoms with Crippen molar-refractivity contribution >= 4 is 5.69 Å². The topological polar surface area (TPSA) is 42.3 Å². The van der Waals surface area contributed by atoms with Gasteiger partial charge in [-0.15, -0.1) is 0 Å². The zero-order chi connectivity index (χ0) is 17.8. The van der Waals surface area contributed by atoms with Crippen LogP contribution in [0.1, 0.15) is 49.3 Å². The number of benzene rings is 1. The molecule has 0 amide bonds. The van der Waals surface area contributed by atoms with Gasteiger partial charge in [0.25, 0.3) is 0 Å². The molecule has 1 aromatic heterocycles. The number of hydrogen-bond donors (Lipinski definition) is 1. The molecule has 0 radical (unpaired) electrons. The Hall–Kier alpha value is -1.85. The largest absolute Gasteiger partial charge is 0.372 e. The summed E-state index contributed by atoms with van der Waals surface area (Å²) in [5.74, 6) is 0. The van der Waals surface area contributed by atoms with Crippen LogP contribution in [0.25, 0.3) is 0 Å². The summed E-state index contributed by atoms with van der Waals surface area (Å²) in [6, 6.07) is 9.42. The second-order valence-corrected chi connectivity index (χ2v) is 7.58. The van der Waals surface area contributed by atoms with Crippen LogP contribution in [0.4, 0.5) is 5.69 Å². The van der Waals surface area contributed by atoms with E-state index in [1.54, 1.807) is 0 Å². The number of hydrogen-bond acceptors (Lipinski definition) is 4. The Morgan fingerprint density at radius 1 is 1.12 bits per heavy atom. The maximum absolute atomic E-state index is 6.05. The van der Waals surface area contributed by atoms with E-state index in [1.807, 2.05) is 17.9 Å². The van der Waals surface area contributed by atoms with Crippen molar-refractivity contribution in [2.75, 3.05) is 24.6 Å². The Balaban J connectivity index is 1.36. The minimum Gasteiger partial charge on any atom is -0.372 e. The second kappa shape index (κ2) is 8.23. The summed E-state index contributed by atoms with van der Waals surface area (Å²) < 4.78 is 7.91. The van der Waals surface area contributed by atoms with Crippen LogP contribution < -0.4 is 10.2 Å². The van der Waals surface area contributed by atoms with Crippen LogP contribution in [0.3, 0.4) is 0 Å².